The van der Waals surface area contributed by atoms with Gasteiger partial charge in [0.15, 0.2) is 0 Å². The van der Waals surface area contributed by atoms with Crippen LogP contribution in [0.25, 0.3) is 0 Å². The summed E-state index contributed by atoms with van der Waals surface area (Å²) in [6.07, 6.45) is 8.58. The molecule has 0 aromatic heterocycles. The molecule has 3 nitrogen and oxygen atoms in total. The second-order valence-electron chi connectivity index (χ2n) is 10.9. The van der Waals surface area contributed by atoms with E-state index in [1.807, 2.05) is 6.92 Å². The summed E-state index contributed by atoms with van der Waals surface area (Å²) in [5.41, 5.74) is 5.98. The number of hydrogen-bond donors (Lipinski definition) is 2. The van der Waals surface area contributed by atoms with Crippen molar-refractivity contribution in [3.8, 4) is 11.8 Å². The third-order valence-electron chi connectivity index (χ3n) is 9.16. The molecule has 1 aromatic rings. The number of allylic oxidation sites excluding steroid dienone is 3. The van der Waals surface area contributed by atoms with Crippen LogP contribution < -0.4 is 4.90 Å². The molecule has 0 bridgehead atoms. The molecule has 2 N–H and O–H groups in total. The van der Waals surface area contributed by atoms with E-state index in [9.17, 15) is 10.2 Å². The molecule has 0 amide bonds. The van der Waals surface area contributed by atoms with Crippen molar-refractivity contribution in [3.63, 3.8) is 0 Å². The number of benzene rings is 1. The topological polar surface area (TPSA) is 43.7 Å². The van der Waals surface area contributed by atoms with Crippen LogP contribution in [0.15, 0.2) is 47.1 Å². The van der Waals surface area contributed by atoms with E-state index in [1.165, 1.54) is 22.4 Å². The third kappa shape index (κ3) is 3.18. The summed E-state index contributed by atoms with van der Waals surface area (Å²) in [5.74, 6) is 7.58. The van der Waals surface area contributed by atoms with Crippen molar-refractivity contribution in [2.75, 3.05) is 19.0 Å². The van der Waals surface area contributed by atoms with Crippen LogP contribution in [0.2, 0.25) is 0 Å². The highest BCUT2D eigenvalue weighted by Crippen LogP contribution is 2.66. The Bertz CT molecular complexity index is 1020. The average Bonchev–Trinajstić information content (AvgIpc) is 3.03. The van der Waals surface area contributed by atoms with Gasteiger partial charge in [-0.25, -0.2) is 0 Å². The molecule has 2 fully saturated rings. The molecule has 1 aromatic carbocycles. The number of rotatable bonds is 2. The van der Waals surface area contributed by atoms with Crippen molar-refractivity contribution in [2.45, 2.75) is 76.4 Å². The van der Waals surface area contributed by atoms with Crippen LogP contribution >= 0.6 is 0 Å². The van der Waals surface area contributed by atoms with Crippen LogP contribution in [0.3, 0.4) is 0 Å². The maximum absolute atomic E-state index is 11.7. The SMILES string of the molecule is CC#C[C@@]1(O)CC[C@H]2[C@@H]3CCC4=C[C@H](O)CCC4=C3[C@H](c3ccc(N(C)C)cc3)C[C@@]21C. The summed E-state index contributed by atoms with van der Waals surface area (Å²) < 4.78 is 0. The standard InChI is InChI=1S/C29H37NO2/c1-5-15-29(32)16-14-26-24-12-8-20-17-22(31)11-13-23(20)27(24)25(18-28(26,29)2)19-6-9-21(10-7-19)30(3)4/h6-7,9-10,17,22,24-26,31-32H,8,11-14,16,18H2,1-4H3/t22-,24+,25+,26+,28+,29-/m1/s1. The lowest BCUT2D eigenvalue weighted by molar-refractivity contribution is -0.0514. The van der Waals surface area contributed by atoms with Crippen molar-refractivity contribution in [3.05, 3.63) is 52.6 Å². The Hall–Kier alpha value is -2.02. The van der Waals surface area contributed by atoms with E-state index >= 15 is 0 Å². The van der Waals surface area contributed by atoms with Gasteiger partial charge in [0.1, 0.15) is 5.60 Å². The van der Waals surface area contributed by atoms with Crippen LogP contribution in [0, 0.1) is 29.1 Å². The molecule has 4 aliphatic carbocycles. The lowest BCUT2D eigenvalue weighted by atomic mass is 9.51. The van der Waals surface area contributed by atoms with Gasteiger partial charge in [0, 0.05) is 31.1 Å². The molecule has 2 saturated carbocycles. The fourth-order valence-corrected chi connectivity index (χ4v) is 7.50. The van der Waals surface area contributed by atoms with E-state index in [2.05, 4.69) is 68.1 Å². The number of nitrogens with zero attached hydrogens (tertiary/aromatic N) is 1. The minimum absolute atomic E-state index is 0.203. The molecule has 0 radical (unpaired) electrons. The first-order chi connectivity index (χ1) is 15.3. The molecule has 6 atom stereocenters. The van der Waals surface area contributed by atoms with Crippen molar-refractivity contribution in [1.82, 2.24) is 0 Å². The van der Waals surface area contributed by atoms with Gasteiger partial charge in [0.05, 0.1) is 6.10 Å². The maximum Gasteiger partial charge on any atom is 0.131 e. The lowest BCUT2D eigenvalue weighted by Crippen LogP contribution is -2.51. The molecule has 170 valence electrons. The second kappa shape index (κ2) is 7.79. The lowest BCUT2D eigenvalue weighted by Gasteiger charge is -2.54. The Morgan fingerprint density at radius 3 is 2.50 bits per heavy atom. The van der Waals surface area contributed by atoms with E-state index in [4.69, 9.17) is 0 Å². The zero-order valence-electron chi connectivity index (χ0n) is 20.0. The molecule has 5 rings (SSSR count). The Labute approximate surface area is 193 Å². The predicted molar refractivity (Wildman–Crippen MR) is 130 cm³/mol. The van der Waals surface area contributed by atoms with Crippen molar-refractivity contribution in [1.29, 1.82) is 0 Å². The molecule has 32 heavy (non-hydrogen) atoms. The second-order valence-corrected chi connectivity index (χ2v) is 10.9. The van der Waals surface area contributed by atoms with Crippen molar-refractivity contribution in [2.24, 2.45) is 17.3 Å². The summed E-state index contributed by atoms with van der Waals surface area (Å²) >= 11 is 0. The molecule has 0 saturated heterocycles. The maximum atomic E-state index is 11.7. The summed E-state index contributed by atoms with van der Waals surface area (Å²) in [6, 6.07) is 9.04. The van der Waals surface area contributed by atoms with Gasteiger partial charge in [0.2, 0.25) is 0 Å². The number of fused-ring (bicyclic) bond motifs is 4. The third-order valence-corrected chi connectivity index (χ3v) is 9.16. The smallest absolute Gasteiger partial charge is 0.131 e. The molecule has 0 heterocycles. The largest absolute Gasteiger partial charge is 0.389 e. The van der Waals surface area contributed by atoms with Crippen LogP contribution in [0.5, 0.6) is 0 Å². The van der Waals surface area contributed by atoms with Crippen LogP contribution in [0.1, 0.15) is 70.3 Å². The first-order valence-corrected chi connectivity index (χ1v) is 12.3. The van der Waals surface area contributed by atoms with Crippen LogP contribution in [-0.2, 0) is 0 Å². The van der Waals surface area contributed by atoms with Gasteiger partial charge in [-0.2, -0.15) is 0 Å². The van der Waals surface area contributed by atoms with E-state index in [0.717, 1.165) is 44.9 Å². The number of hydrogen-bond acceptors (Lipinski definition) is 3. The highest BCUT2D eigenvalue weighted by atomic mass is 16.3. The molecule has 0 spiro atoms. The zero-order valence-corrected chi connectivity index (χ0v) is 20.0. The summed E-state index contributed by atoms with van der Waals surface area (Å²) in [4.78, 5) is 2.14. The van der Waals surface area contributed by atoms with E-state index < -0.39 is 5.60 Å². The Balaban J connectivity index is 1.66. The predicted octanol–water partition coefficient (Wildman–Crippen LogP) is 5.20. The number of aliphatic hydroxyl groups is 2. The summed E-state index contributed by atoms with van der Waals surface area (Å²) in [6.45, 7) is 4.17. The fraction of sp³-hybridized carbons (Fsp3) is 0.586. The van der Waals surface area contributed by atoms with Crippen molar-refractivity contribution < 1.29 is 10.2 Å². The molecular weight excluding hydrogens is 394 g/mol. The van der Waals surface area contributed by atoms with Gasteiger partial charge in [-0.3, -0.25) is 0 Å². The minimum atomic E-state index is -0.899. The van der Waals surface area contributed by atoms with E-state index in [0.29, 0.717) is 17.8 Å². The minimum Gasteiger partial charge on any atom is -0.389 e. The van der Waals surface area contributed by atoms with Gasteiger partial charge < -0.3 is 15.1 Å². The Morgan fingerprint density at radius 2 is 1.81 bits per heavy atom. The van der Waals surface area contributed by atoms with Gasteiger partial charge in [-0.1, -0.05) is 36.6 Å². The molecule has 0 unspecified atom stereocenters. The first-order valence-electron chi connectivity index (χ1n) is 12.3. The van der Waals surface area contributed by atoms with Gasteiger partial charge in [-0.15, -0.1) is 5.92 Å². The number of anilines is 1. The van der Waals surface area contributed by atoms with Gasteiger partial charge >= 0.3 is 0 Å². The van der Waals surface area contributed by atoms with Crippen LogP contribution in [0.4, 0.5) is 5.69 Å². The average molecular weight is 432 g/mol. The highest BCUT2D eigenvalue weighted by Gasteiger charge is 2.62. The summed E-state index contributed by atoms with van der Waals surface area (Å²) in [5, 5.41) is 22.0. The Morgan fingerprint density at radius 1 is 1.06 bits per heavy atom. The monoisotopic (exact) mass is 431 g/mol. The molecular formula is C29H37NO2. The van der Waals surface area contributed by atoms with Crippen LogP contribution in [-0.4, -0.2) is 36.0 Å². The van der Waals surface area contributed by atoms with E-state index in [-0.39, 0.29) is 11.5 Å². The molecule has 4 aliphatic rings. The van der Waals surface area contributed by atoms with Gasteiger partial charge in [-0.05, 0) is 92.5 Å². The molecule has 3 heteroatoms. The Kier molecular flexibility index (Phi) is 5.31. The first kappa shape index (κ1) is 21.8. The van der Waals surface area contributed by atoms with Gasteiger partial charge in [0.25, 0.3) is 0 Å². The fourth-order valence-electron chi connectivity index (χ4n) is 7.50. The normalized spacial score (nSPS) is 38.1. The zero-order chi connectivity index (χ0) is 22.7. The number of aliphatic hydroxyl groups excluding tert-OH is 1. The summed E-state index contributed by atoms with van der Waals surface area (Å²) in [7, 11) is 4.16. The quantitative estimate of drug-likeness (QED) is 0.633. The van der Waals surface area contributed by atoms with E-state index in [1.54, 1.807) is 5.57 Å². The molecule has 0 aliphatic heterocycles. The van der Waals surface area contributed by atoms with Crippen molar-refractivity contribution >= 4 is 5.69 Å². The highest BCUT2D eigenvalue weighted by molar-refractivity contribution is 5.52.